The summed E-state index contributed by atoms with van der Waals surface area (Å²) in [7, 11) is 4.08. The highest BCUT2D eigenvalue weighted by molar-refractivity contribution is 6.05. The van der Waals surface area contributed by atoms with Crippen molar-refractivity contribution in [3.63, 3.8) is 0 Å². The molecule has 4 amide bonds. The number of rotatable bonds is 5. The van der Waals surface area contributed by atoms with Gasteiger partial charge >= 0.3 is 0 Å². The standard InChI is InChI=1S/C25H31N7O4/c1-25(2)16(13-29(3)4)9-10-31(25)24(36)19-14-32(28-27-19)17-5-6-18-15(11-17)12-30(23(18)35)20-7-8-21(33)26-22(20)34/h5-6,11,14,16,20H,7-10,12-13H2,1-4H3,(H,26,33,34). The minimum atomic E-state index is -0.665. The summed E-state index contributed by atoms with van der Waals surface area (Å²) in [5.41, 5.74) is 1.93. The van der Waals surface area contributed by atoms with Crippen LogP contribution in [0.3, 0.4) is 0 Å². The Morgan fingerprint density at radius 3 is 2.69 bits per heavy atom. The lowest BCUT2D eigenvalue weighted by Crippen LogP contribution is -2.52. The van der Waals surface area contributed by atoms with E-state index in [1.54, 1.807) is 18.3 Å². The van der Waals surface area contributed by atoms with Crippen molar-refractivity contribution in [3.05, 3.63) is 41.2 Å². The number of benzene rings is 1. The maximum atomic E-state index is 13.3. The molecule has 2 fully saturated rings. The lowest BCUT2D eigenvalue weighted by atomic mass is 9.88. The van der Waals surface area contributed by atoms with Crippen molar-refractivity contribution in [2.24, 2.45) is 5.92 Å². The smallest absolute Gasteiger partial charge is 0.276 e. The summed E-state index contributed by atoms with van der Waals surface area (Å²) in [6.45, 7) is 6.05. The van der Waals surface area contributed by atoms with Crippen LogP contribution in [0.5, 0.6) is 0 Å². The van der Waals surface area contributed by atoms with Crippen molar-refractivity contribution in [1.82, 2.24) is 35.0 Å². The van der Waals surface area contributed by atoms with Gasteiger partial charge in [-0.3, -0.25) is 24.5 Å². The van der Waals surface area contributed by atoms with Crippen molar-refractivity contribution in [2.75, 3.05) is 27.2 Å². The number of carbonyl (C=O) groups excluding carboxylic acids is 4. The molecule has 190 valence electrons. The van der Waals surface area contributed by atoms with E-state index < -0.39 is 11.9 Å². The summed E-state index contributed by atoms with van der Waals surface area (Å²) < 4.78 is 1.53. The normalized spacial score (nSPS) is 23.4. The van der Waals surface area contributed by atoms with Gasteiger partial charge in [0.15, 0.2) is 5.69 Å². The minimum Gasteiger partial charge on any atom is -0.332 e. The molecule has 3 aliphatic heterocycles. The average Bonchev–Trinajstić information content (AvgIpc) is 3.50. The van der Waals surface area contributed by atoms with Gasteiger partial charge in [-0.05, 0) is 70.5 Å². The molecule has 0 bridgehead atoms. The Labute approximate surface area is 209 Å². The van der Waals surface area contributed by atoms with Crippen LogP contribution in [0.1, 0.15) is 59.5 Å². The van der Waals surface area contributed by atoms with Gasteiger partial charge in [0.25, 0.3) is 11.8 Å². The molecule has 2 saturated heterocycles. The van der Waals surface area contributed by atoms with Crippen LogP contribution < -0.4 is 5.32 Å². The third-order valence-corrected chi connectivity index (χ3v) is 7.71. The third kappa shape index (κ3) is 4.06. The van der Waals surface area contributed by atoms with Crippen molar-refractivity contribution in [3.8, 4) is 5.69 Å². The van der Waals surface area contributed by atoms with E-state index >= 15 is 0 Å². The highest BCUT2D eigenvalue weighted by Gasteiger charge is 2.44. The maximum Gasteiger partial charge on any atom is 0.276 e. The van der Waals surface area contributed by atoms with E-state index in [1.807, 2.05) is 25.1 Å². The monoisotopic (exact) mass is 493 g/mol. The first-order chi connectivity index (χ1) is 17.1. The molecule has 0 aliphatic carbocycles. The molecule has 11 nitrogen and oxygen atoms in total. The molecule has 3 aliphatic rings. The van der Waals surface area contributed by atoms with E-state index in [0.717, 1.165) is 18.5 Å². The molecule has 2 unspecified atom stereocenters. The summed E-state index contributed by atoms with van der Waals surface area (Å²) in [6, 6.07) is 4.62. The van der Waals surface area contributed by atoms with Gasteiger partial charge in [-0.15, -0.1) is 5.10 Å². The van der Waals surface area contributed by atoms with Crippen LogP contribution in [0.2, 0.25) is 0 Å². The Morgan fingerprint density at radius 1 is 1.19 bits per heavy atom. The molecule has 2 aromatic rings. The molecule has 11 heteroatoms. The molecule has 1 aromatic carbocycles. The molecule has 0 spiro atoms. The van der Waals surface area contributed by atoms with Crippen LogP contribution >= 0.6 is 0 Å². The Bertz CT molecular complexity index is 1250. The fourth-order valence-electron chi connectivity index (χ4n) is 5.60. The van der Waals surface area contributed by atoms with Crippen LogP contribution in [0.25, 0.3) is 5.69 Å². The number of piperidine rings is 1. The lowest BCUT2D eigenvalue weighted by Gasteiger charge is -2.36. The number of imide groups is 1. The van der Waals surface area contributed by atoms with Crippen LogP contribution in [-0.2, 0) is 16.1 Å². The van der Waals surface area contributed by atoms with Gasteiger partial charge in [-0.2, -0.15) is 0 Å². The highest BCUT2D eigenvalue weighted by Crippen LogP contribution is 2.36. The highest BCUT2D eigenvalue weighted by atomic mass is 16.2. The van der Waals surface area contributed by atoms with Gasteiger partial charge in [-0.1, -0.05) is 5.21 Å². The second kappa shape index (κ2) is 8.81. The second-order valence-corrected chi connectivity index (χ2v) is 10.6. The van der Waals surface area contributed by atoms with Gasteiger partial charge in [0.05, 0.1) is 11.9 Å². The topological polar surface area (TPSA) is 121 Å². The van der Waals surface area contributed by atoms with Crippen molar-refractivity contribution in [2.45, 2.75) is 51.2 Å². The summed E-state index contributed by atoms with van der Waals surface area (Å²) >= 11 is 0. The van der Waals surface area contributed by atoms with Crippen molar-refractivity contribution >= 4 is 23.6 Å². The van der Waals surface area contributed by atoms with Crippen LogP contribution in [0, 0.1) is 5.92 Å². The van der Waals surface area contributed by atoms with Gasteiger partial charge in [0, 0.05) is 37.2 Å². The number of fused-ring (bicyclic) bond motifs is 1. The molecular weight excluding hydrogens is 462 g/mol. The first kappa shape index (κ1) is 24.1. The Kier molecular flexibility index (Phi) is 5.90. The molecule has 4 heterocycles. The summed E-state index contributed by atoms with van der Waals surface area (Å²) in [5, 5.41) is 10.6. The molecule has 1 N–H and O–H groups in total. The van der Waals surface area contributed by atoms with E-state index in [2.05, 4.69) is 34.4 Å². The minimum absolute atomic E-state index is 0.145. The zero-order valence-corrected chi connectivity index (χ0v) is 21.0. The molecule has 36 heavy (non-hydrogen) atoms. The number of likely N-dealkylation sites (tertiary alicyclic amines) is 1. The summed E-state index contributed by atoms with van der Waals surface area (Å²) in [6.07, 6.45) is 3.08. The fraction of sp³-hybridized carbons (Fsp3) is 0.520. The van der Waals surface area contributed by atoms with Crippen LogP contribution in [0.15, 0.2) is 24.4 Å². The van der Waals surface area contributed by atoms with E-state index in [9.17, 15) is 19.2 Å². The number of nitrogens with one attached hydrogen (secondary N) is 1. The Morgan fingerprint density at radius 2 is 1.97 bits per heavy atom. The number of hydrogen-bond donors (Lipinski definition) is 1. The number of hydrogen-bond acceptors (Lipinski definition) is 7. The van der Waals surface area contributed by atoms with E-state index in [-0.39, 0.29) is 41.9 Å². The summed E-state index contributed by atoms with van der Waals surface area (Å²) in [4.78, 5) is 55.6. The molecule has 1 aromatic heterocycles. The van der Waals surface area contributed by atoms with Gasteiger partial charge in [0.2, 0.25) is 11.8 Å². The lowest BCUT2D eigenvalue weighted by molar-refractivity contribution is -0.136. The average molecular weight is 494 g/mol. The number of amides is 4. The predicted molar refractivity (Wildman–Crippen MR) is 129 cm³/mol. The van der Waals surface area contributed by atoms with Crippen LogP contribution in [-0.4, -0.2) is 92.1 Å². The quantitative estimate of drug-likeness (QED) is 0.613. The van der Waals surface area contributed by atoms with Crippen LogP contribution in [0.4, 0.5) is 0 Å². The van der Waals surface area contributed by atoms with E-state index in [4.69, 9.17) is 0 Å². The van der Waals surface area contributed by atoms with Gasteiger partial charge < -0.3 is 14.7 Å². The van der Waals surface area contributed by atoms with Gasteiger partial charge in [0.1, 0.15) is 6.04 Å². The van der Waals surface area contributed by atoms with E-state index in [0.29, 0.717) is 30.1 Å². The molecule has 5 rings (SSSR count). The maximum absolute atomic E-state index is 13.3. The van der Waals surface area contributed by atoms with Gasteiger partial charge in [-0.25, -0.2) is 4.68 Å². The fourth-order valence-corrected chi connectivity index (χ4v) is 5.60. The Hall–Kier alpha value is -3.60. The first-order valence-corrected chi connectivity index (χ1v) is 12.2. The van der Waals surface area contributed by atoms with Crippen molar-refractivity contribution in [1.29, 1.82) is 0 Å². The van der Waals surface area contributed by atoms with E-state index in [1.165, 1.54) is 9.58 Å². The zero-order chi connectivity index (χ0) is 25.8. The molecule has 2 atom stereocenters. The third-order valence-electron chi connectivity index (χ3n) is 7.71. The Balaban J connectivity index is 1.33. The molecule has 0 radical (unpaired) electrons. The van der Waals surface area contributed by atoms with Crippen molar-refractivity contribution < 1.29 is 19.2 Å². The predicted octanol–water partition coefficient (Wildman–Crippen LogP) is 0.831. The molecule has 0 saturated carbocycles. The second-order valence-electron chi connectivity index (χ2n) is 10.6. The summed E-state index contributed by atoms with van der Waals surface area (Å²) in [5.74, 6) is -0.764. The SMILES string of the molecule is CN(C)CC1CCN(C(=O)c2cn(-c3ccc4c(c3)CN(C3CCC(=O)NC3=O)C4=O)nn2)C1(C)C. The first-order valence-electron chi connectivity index (χ1n) is 12.2. The molecular formula is C25H31N7O4. The number of aromatic nitrogens is 3. The number of carbonyl (C=O) groups is 4. The zero-order valence-electron chi connectivity index (χ0n) is 21.0. The number of nitrogens with zero attached hydrogens (tertiary/aromatic N) is 6. The largest absolute Gasteiger partial charge is 0.332 e.